The summed E-state index contributed by atoms with van der Waals surface area (Å²) < 4.78 is 16.8. The Kier molecular flexibility index (Phi) is 5.33. The molecular weight excluding hydrogens is 296 g/mol. The molecule has 0 amide bonds. The normalized spacial score (nSPS) is 20.9. The van der Waals surface area contributed by atoms with Gasteiger partial charge in [-0.25, -0.2) is 9.97 Å². The molecule has 122 valence electrons. The van der Waals surface area contributed by atoms with Gasteiger partial charge >= 0.3 is 0 Å². The van der Waals surface area contributed by atoms with Crippen molar-refractivity contribution in [3.05, 3.63) is 42.5 Å². The molecule has 7 nitrogen and oxygen atoms in total. The zero-order chi connectivity index (χ0) is 15.9. The maximum absolute atomic E-state index is 5.99. The first kappa shape index (κ1) is 15.6. The average Bonchev–Trinajstić information content (AvgIpc) is 2.62. The van der Waals surface area contributed by atoms with Crippen molar-refractivity contribution in [3.63, 3.8) is 0 Å². The minimum Gasteiger partial charge on any atom is -0.478 e. The Labute approximate surface area is 135 Å². The monoisotopic (exact) mass is 316 g/mol. The molecule has 3 rings (SSSR count). The zero-order valence-corrected chi connectivity index (χ0v) is 13.0. The van der Waals surface area contributed by atoms with Crippen molar-refractivity contribution < 1.29 is 14.2 Å². The summed E-state index contributed by atoms with van der Waals surface area (Å²) in [5, 5.41) is 3.36. The number of aromatic nitrogens is 3. The largest absolute Gasteiger partial charge is 0.478 e. The van der Waals surface area contributed by atoms with E-state index in [-0.39, 0.29) is 12.1 Å². The molecule has 0 spiro atoms. The first-order valence-corrected chi connectivity index (χ1v) is 7.57. The number of hydrogen-bond donors (Lipinski definition) is 1. The third kappa shape index (κ3) is 4.14. The van der Waals surface area contributed by atoms with E-state index in [1.54, 1.807) is 25.7 Å². The average molecular weight is 316 g/mol. The first-order valence-electron chi connectivity index (χ1n) is 7.57. The second-order valence-electron chi connectivity index (χ2n) is 5.20. The summed E-state index contributed by atoms with van der Waals surface area (Å²) in [6.45, 7) is 1.67. The summed E-state index contributed by atoms with van der Waals surface area (Å²) in [5.74, 6) is 1.09. The highest BCUT2D eigenvalue weighted by Crippen LogP contribution is 2.22. The molecule has 0 unspecified atom stereocenters. The molecule has 1 aliphatic heterocycles. The van der Waals surface area contributed by atoms with Gasteiger partial charge in [-0.05, 0) is 18.6 Å². The molecule has 0 aromatic carbocycles. The number of methoxy groups -OCH3 is 1. The van der Waals surface area contributed by atoms with Crippen molar-refractivity contribution in [1.29, 1.82) is 0 Å². The fourth-order valence-corrected chi connectivity index (χ4v) is 2.47. The molecule has 0 aliphatic carbocycles. The van der Waals surface area contributed by atoms with Gasteiger partial charge in [0.25, 0.3) is 5.88 Å². The molecule has 23 heavy (non-hydrogen) atoms. The lowest BCUT2D eigenvalue weighted by molar-refractivity contribution is -0.0645. The van der Waals surface area contributed by atoms with Crippen LogP contribution in [0.2, 0.25) is 0 Å². The van der Waals surface area contributed by atoms with Crippen molar-refractivity contribution in [2.75, 3.05) is 25.6 Å². The second-order valence-corrected chi connectivity index (χ2v) is 5.20. The number of nitrogens with zero attached hydrogens (tertiary/aromatic N) is 3. The minimum atomic E-state index is -0.0857. The molecule has 1 N–H and O–H groups in total. The molecule has 0 bridgehead atoms. The Balaban J connectivity index is 1.64. The van der Waals surface area contributed by atoms with Gasteiger partial charge < -0.3 is 19.5 Å². The van der Waals surface area contributed by atoms with Crippen LogP contribution in [0, 0.1) is 0 Å². The molecule has 2 aromatic rings. The molecule has 0 radical (unpaired) electrons. The number of hydrogen-bond acceptors (Lipinski definition) is 7. The lowest BCUT2D eigenvalue weighted by atomic mass is 10.1. The van der Waals surface area contributed by atoms with Crippen LogP contribution in [0.4, 0.5) is 5.82 Å². The SMILES string of the molecule is COc1nccnc1N[C@H]1CCOC[C@@H]1OCc1ccccn1. The topological polar surface area (TPSA) is 78.4 Å². The van der Waals surface area contributed by atoms with Crippen LogP contribution in [0.15, 0.2) is 36.8 Å². The molecule has 1 fully saturated rings. The molecule has 1 saturated heterocycles. The van der Waals surface area contributed by atoms with Crippen molar-refractivity contribution in [3.8, 4) is 5.88 Å². The number of ether oxygens (including phenoxy) is 3. The molecular formula is C16H20N4O3. The lowest BCUT2D eigenvalue weighted by Crippen LogP contribution is -2.44. The Bertz CT molecular complexity index is 611. The number of nitrogens with one attached hydrogen (secondary N) is 1. The fourth-order valence-electron chi connectivity index (χ4n) is 2.47. The van der Waals surface area contributed by atoms with Gasteiger partial charge in [0, 0.05) is 25.2 Å². The van der Waals surface area contributed by atoms with Crippen LogP contribution in [0.3, 0.4) is 0 Å². The summed E-state index contributed by atoms with van der Waals surface area (Å²) in [5.41, 5.74) is 0.897. The van der Waals surface area contributed by atoms with Gasteiger partial charge in [0.15, 0.2) is 5.82 Å². The fraction of sp³-hybridized carbons (Fsp3) is 0.438. The summed E-state index contributed by atoms with van der Waals surface area (Å²) in [4.78, 5) is 12.7. The number of rotatable bonds is 6. The van der Waals surface area contributed by atoms with Gasteiger partial charge in [-0.2, -0.15) is 0 Å². The predicted molar refractivity (Wildman–Crippen MR) is 84.2 cm³/mol. The zero-order valence-electron chi connectivity index (χ0n) is 13.0. The standard InChI is InChI=1S/C16H20N4O3/c1-21-16-15(18-7-8-19-16)20-13-5-9-22-11-14(13)23-10-12-4-2-3-6-17-12/h2-4,6-8,13-14H,5,9-11H2,1H3,(H,18,20)/t13-,14-/m0/s1. The Morgan fingerprint density at radius 1 is 1.22 bits per heavy atom. The highest BCUT2D eigenvalue weighted by atomic mass is 16.5. The second kappa shape index (κ2) is 7.85. The van der Waals surface area contributed by atoms with E-state index in [0.717, 1.165) is 12.1 Å². The summed E-state index contributed by atoms with van der Waals surface area (Å²) in [6, 6.07) is 5.86. The van der Waals surface area contributed by atoms with Crippen molar-refractivity contribution >= 4 is 5.82 Å². The molecule has 7 heteroatoms. The first-order chi connectivity index (χ1) is 11.4. The van der Waals surface area contributed by atoms with Gasteiger partial charge in [-0.15, -0.1) is 0 Å². The minimum absolute atomic E-state index is 0.0815. The van der Waals surface area contributed by atoms with E-state index in [4.69, 9.17) is 14.2 Å². The van der Waals surface area contributed by atoms with Gasteiger partial charge in [-0.1, -0.05) is 6.07 Å². The maximum atomic E-state index is 5.99. The van der Waals surface area contributed by atoms with E-state index in [1.165, 1.54) is 0 Å². The van der Waals surface area contributed by atoms with E-state index >= 15 is 0 Å². The Morgan fingerprint density at radius 2 is 2.13 bits per heavy atom. The number of pyridine rings is 1. The highest BCUT2D eigenvalue weighted by Gasteiger charge is 2.28. The van der Waals surface area contributed by atoms with Crippen LogP contribution in [-0.4, -0.2) is 47.4 Å². The third-order valence-corrected chi connectivity index (χ3v) is 3.66. The predicted octanol–water partition coefficient (Wildman–Crippen LogP) is 1.67. The molecule has 2 aromatic heterocycles. The lowest BCUT2D eigenvalue weighted by Gasteiger charge is -2.32. The van der Waals surface area contributed by atoms with Crippen LogP contribution in [-0.2, 0) is 16.1 Å². The summed E-state index contributed by atoms with van der Waals surface area (Å²) >= 11 is 0. The van der Waals surface area contributed by atoms with Crippen LogP contribution in [0.1, 0.15) is 12.1 Å². The Hall–Kier alpha value is -2.25. The van der Waals surface area contributed by atoms with Gasteiger partial charge in [0.2, 0.25) is 0 Å². The molecule has 1 aliphatic rings. The van der Waals surface area contributed by atoms with Crippen molar-refractivity contribution in [2.24, 2.45) is 0 Å². The van der Waals surface area contributed by atoms with Crippen LogP contribution < -0.4 is 10.1 Å². The quantitative estimate of drug-likeness (QED) is 0.868. The Morgan fingerprint density at radius 3 is 2.96 bits per heavy atom. The van der Waals surface area contributed by atoms with Crippen molar-refractivity contribution in [2.45, 2.75) is 25.2 Å². The molecule has 0 saturated carbocycles. The van der Waals surface area contributed by atoms with E-state index in [2.05, 4.69) is 20.3 Å². The molecule has 3 heterocycles. The van der Waals surface area contributed by atoms with E-state index in [9.17, 15) is 0 Å². The van der Waals surface area contributed by atoms with E-state index in [1.807, 2.05) is 18.2 Å². The van der Waals surface area contributed by atoms with Crippen molar-refractivity contribution in [1.82, 2.24) is 15.0 Å². The van der Waals surface area contributed by atoms with E-state index in [0.29, 0.717) is 31.5 Å². The number of anilines is 1. The van der Waals surface area contributed by atoms with E-state index < -0.39 is 0 Å². The molecule has 2 atom stereocenters. The van der Waals surface area contributed by atoms with Gasteiger partial charge in [-0.3, -0.25) is 4.98 Å². The maximum Gasteiger partial charge on any atom is 0.257 e. The smallest absolute Gasteiger partial charge is 0.257 e. The summed E-state index contributed by atoms with van der Waals surface area (Å²) in [6.07, 6.45) is 5.73. The van der Waals surface area contributed by atoms with Crippen LogP contribution >= 0.6 is 0 Å². The van der Waals surface area contributed by atoms with Crippen LogP contribution in [0.5, 0.6) is 5.88 Å². The van der Waals surface area contributed by atoms with Gasteiger partial charge in [0.1, 0.15) is 6.10 Å². The third-order valence-electron chi connectivity index (χ3n) is 3.66. The summed E-state index contributed by atoms with van der Waals surface area (Å²) in [7, 11) is 1.58. The highest BCUT2D eigenvalue weighted by molar-refractivity contribution is 5.45. The van der Waals surface area contributed by atoms with Crippen LogP contribution in [0.25, 0.3) is 0 Å². The van der Waals surface area contributed by atoms with Gasteiger partial charge in [0.05, 0.1) is 32.1 Å².